The number of aromatic carboxylic acids is 1. The Hall–Kier alpha value is -2.63. The lowest BCUT2D eigenvalue weighted by Gasteiger charge is -2.12. The van der Waals surface area contributed by atoms with E-state index in [1.165, 1.54) is 13.2 Å². The Kier molecular flexibility index (Phi) is 3.84. The molecule has 1 heterocycles. The third kappa shape index (κ3) is 2.85. The summed E-state index contributed by atoms with van der Waals surface area (Å²) >= 11 is 0. The van der Waals surface area contributed by atoms with Gasteiger partial charge in [0.1, 0.15) is 11.4 Å². The van der Waals surface area contributed by atoms with Crippen molar-refractivity contribution < 1.29 is 19.4 Å². The Morgan fingerprint density at radius 3 is 2.60 bits per heavy atom. The predicted octanol–water partition coefficient (Wildman–Crippen LogP) is 2.59. The van der Waals surface area contributed by atoms with Crippen LogP contribution in [0.4, 0.5) is 0 Å². The zero-order valence-corrected chi connectivity index (χ0v) is 11.4. The molecule has 0 amide bonds. The van der Waals surface area contributed by atoms with Crippen molar-refractivity contribution in [3.63, 3.8) is 0 Å². The van der Waals surface area contributed by atoms with Crippen molar-refractivity contribution in [2.45, 2.75) is 13.8 Å². The van der Waals surface area contributed by atoms with Gasteiger partial charge in [0.15, 0.2) is 11.5 Å². The molecule has 6 heteroatoms. The van der Waals surface area contributed by atoms with Crippen LogP contribution in [-0.2, 0) is 0 Å². The molecule has 0 saturated carbocycles. The molecule has 0 bridgehead atoms. The molecule has 0 spiro atoms. The standard InChI is InChI=1S/C14H14N2O4/c1-8-7-12(16-9(2)15-8)20-13-10(14(17)18)5-4-6-11(13)19-3/h4-7H,1-3H3,(H,17,18). The molecule has 2 aromatic rings. The maximum Gasteiger partial charge on any atom is 0.339 e. The predicted molar refractivity (Wildman–Crippen MR) is 71.5 cm³/mol. The minimum atomic E-state index is -1.10. The van der Waals surface area contributed by atoms with E-state index in [-0.39, 0.29) is 17.2 Å². The Morgan fingerprint density at radius 2 is 2.00 bits per heavy atom. The summed E-state index contributed by atoms with van der Waals surface area (Å²) in [7, 11) is 1.45. The molecule has 104 valence electrons. The van der Waals surface area contributed by atoms with Gasteiger partial charge in [0, 0.05) is 11.8 Å². The zero-order valence-electron chi connectivity index (χ0n) is 11.4. The Labute approximate surface area is 116 Å². The van der Waals surface area contributed by atoms with Crippen LogP contribution in [-0.4, -0.2) is 28.2 Å². The van der Waals surface area contributed by atoms with E-state index in [0.29, 0.717) is 11.6 Å². The summed E-state index contributed by atoms with van der Waals surface area (Å²) in [5, 5.41) is 9.20. The van der Waals surface area contributed by atoms with Crippen LogP contribution in [0.1, 0.15) is 21.9 Å². The van der Waals surface area contributed by atoms with Crippen LogP contribution in [0.25, 0.3) is 0 Å². The largest absolute Gasteiger partial charge is 0.493 e. The number of para-hydroxylation sites is 1. The molecule has 1 aromatic heterocycles. The first-order chi connectivity index (χ1) is 9.51. The monoisotopic (exact) mass is 274 g/mol. The van der Waals surface area contributed by atoms with E-state index < -0.39 is 5.97 Å². The second kappa shape index (κ2) is 5.56. The highest BCUT2D eigenvalue weighted by molar-refractivity contribution is 5.92. The van der Waals surface area contributed by atoms with Crippen LogP contribution in [0.15, 0.2) is 24.3 Å². The van der Waals surface area contributed by atoms with Crippen LogP contribution in [0.3, 0.4) is 0 Å². The second-order valence-corrected chi connectivity index (χ2v) is 4.14. The Morgan fingerprint density at radius 1 is 1.25 bits per heavy atom. The van der Waals surface area contributed by atoms with Gasteiger partial charge in [-0.1, -0.05) is 6.07 Å². The van der Waals surface area contributed by atoms with Gasteiger partial charge in [-0.05, 0) is 26.0 Å². The molecule has 0 aliphatic rings. The molecule has 1 aromatic carbocycles. The minimum Gasteiger partial charge on any atom is -0.493 e. The van der Waals surface area contributed by atoms with Crippen LogP contribution < -0.4 is 9.47 Å². The van der Waals surface area contributed by atoms with Crippen molar-refractivity contribution in [1.82, 2.24) is 9.97 Å². The molecule has 0 fully saturated rings. The summed E-state index contributed by atoms with van der Waals surface area (Å²) in [5.74, 6) is 0.189. The summed E-state index contributed by atoms with van der Waals surface area (Å²) in [6, 6.07) is 6.29. The number of carboxylic acid groups (broad SMARTS) is 1. The third-order valence-electron chi connectivity index (χ3n) is 2.58. The molecular weight excluding hydrogens is 260 g/mol. The number of hydrogen-bond acceptors (Lipinski definition) is 5. The lowest BCUT2D eigenvalue weighted by atomic mass is 10.2. The van der Waals surface area contributed by atoms with Gasteiger partial charge in [-0.3, -0.25) is 0 Å². The second-order valence-electron chi connectivity index (χ2n) is 4.14. The molecule has 0 saturated heterocycles. The quantitative estimate of drug-likeness (QED) is 0.922. The molecule has 0 aliphatic carbocycles. The fourth-order valence-electron chi connectivity index (χ4n) is 1.79. The minimum absolute atomic E-state index is 0.0123. The van der Waals surface area contributed by atoms with Gasteiger partial charge in [0.25, 0.3) is 0 Å². The summed E-state index contributed by atoms with van der Waals surface area (Å²) in [6.45, 7) is 3.54. The number of aromatic nitrogens is 2. The van der Waals surface area contributed by atoms with Crippen molar-refractivity contribution in [2.75, 3.05) is 7.11 Å². The SMILES string of the molecule is COc1cccc(C(=O)O)c1Oc1cc(C)nc(C)n1. The number of carbonyl (C=O) groups is 1. The molecular formula is C14H14N2O4. The fourth-order valence-corrected chi connectivity index (χ4v) is 1.79. The number of ether oxygens (including phenoxy) is 2. The zero-order chi connectivity index (χ0) is 14.7. The highest BCUT2D eigenvalue weighted by atomic mass is 16.5. The van der Waals surface area contributed by atoms with Gasteiger partial charge in [-0.25, -0.2) is 9.78 Å². The number of nitrogens with zero attached hydrogens (tertiary/aromatic N) is 2. The number of methoxy groups -OCH3 is 1. The number of benzene rings is 1. The molecule has 0 atom stereocenters. The van der Waals surface area contributed by atoms with Crippen molar-refractivity contribution in [1.29, 1.82) is 0 Å². The van der Waals surface area contributed by atoms with Crippen LogP contribution in [0, 0.1) is 13.8 Å². The molecule has 1 N–H and O–H groups in total. The molecule has 0 radical (unpaired) electrons. The van der Waals surface area contributed by atoms with Crippen molar-refractivity contribution >= 4 is 5.97 Å². The van der Waals surface area contributed by atoms with Gasteiger partial charge in [-0.2, -0.15) is 4.98 Å². The van der Waals surface area contributed by atoms with E-state index in [2.05, 4.69) is 9.97 Å². The molecule has 0 aliphatic heterocycles. The van der Waals surface area contributed by atoms with Gasteiger partial charge in [0.05, 0.1) is 7.11 Å². The molecule has 0 unspecified atom stereocenters. The maximum absolute atomic E-state index is 11.2. The Bertz CT molecular complexity index is 635. The van der Waals surface area contributed by atoms with Crippen LogP contribution in [0.2, 0.25) is 0 Å². The summed E-state index contributed by atoms with van der Waals surface area (Å²) < 4.78 is 10.7. The lowest BCUT2D eigenvalue weighted by Crippen LogP contribution is -2.03. The van der Waals surface area contributed by atoms with E-state index in [9.17, 15) is 9.90 Å². The first-order valence-corrected chi connectivity index (χ1v) is 5.91. The number of carboxylic acids is 1. The van der Waals surface area contributed by atoms with Gasteiger partial charge in [-0.15, -0.1) is 0 Å². The Balaban J connectivity index is 2.48. The molecule has 2 rings (SSSR count). The molecule has 20 heavy (non-hydrogen) atoms. The maximum atomic E-state index is 11.2. The summed E-state index contributed by atoms with van der Waals surface area (Å²) in [6.07, 6.45) is 0. The highest BCUT2D eigenvalue weighted by Gasteiger charge is 2.17. The van der Waals surface area contributed by atoms with Crippen LogP contribution in [0.5, 0.6) is 17.4 Å². The normalized spacial score (nSPS) is 10.2. The average molecular weight is 274 g/mol. The fraction of sp³-hybridized carbons (Fsp3) is 0.214. The van der Waals surface area contributed by atoms with E-state index in [1.807, 2.05) is 6.92 Å². The van der Waals surface area contributed by atoms with Gasteiger partial charge >= 0.3 is 5.97 Å². The summed E-state index contributed by atoms with van der Waals surface area (Å²) in [5.41, 5.74) is 0.748. The topological polar surface area (TPSA) is 81.5 Å². The number of aryl methyl sites for hydroxylation is 2. The number of hydrogen-bond donors (Lipinski definition) is 1. The van der Waals surface area contributed by atoms with Crippen molar-refractivity contribution in [2.24, 2.45) is 0 Å². The van der Waals surface area contributed by atoms with E-state index in [4.69, 9.17) is 9.47 Å². The first-order valence-electron chi connectivity index (χ1n) is 5.91. The molecule has 6 nitrogen and oxygen atoms in total. The van der Waals surface area contributed by atoms with E-state index in [0.717, 1.165) is 5.69 Å². The third-order valence-corrected chi connectivity index (χ3v) is 2.58. The van der Waals surface area contributed by atoms with Crippen molar-refractivity contribution in [3.05, 3.63) is 41.3 Å². The summed E-state index contributed by atoms with van der Waals surface area (Å²) in [4.78, 5) is 19.5. The van der Waals surface area contributed by atoms with Crippen molar-refractivity contribution in [3.8, 4) is 17.4 Å². The lowest BCUT2D eigenvalue weighted by molar-refractivity contribution is 0.0693. The average Bonchev–Trinajstić information content (AvgIpc) is 2.37. The van der Waals surface area contributed by atoms with E-state index in [1.54, 1.807) is 25.1 Å². The van der Waals surface area contributed by atoms with Gasteiger partial charge in [0.2, 0.25) is 5.88 Å². The number of rotatable bonds is 4. The first kappa shape index (κ1) is 13.8. The van der Waals surface area contributed by atoms with E-state index >= 15 is 0 Å². The highest BCUT2D eigenvalue weighted by Crippen LogP contribution is 2.34. The van der Waals surface area contributed by atoms with Gasteiger partial charge < -0.3 is 14.6 Å². The smallest absolute Gasteiger partial charge is 0.339 e. The van der Waals surface area contributed by atoms with Crippen LogP contribution >= 0.6 is 0 Å².